The molecule has 0 aromatic carbocycles. The minimum Gasteiger partial charge on any atom is -0.394 e. The second-order valence-electron chi connectivity index (χ2n) is 4.70. The Morgan fingerprint density at radius 2 is 2.17 bits per heavy atom. The summed E-state index contributed by atoms with van der Waals surface area (Å²) in [7, 11) is 0. The van der Waals surface area contributed by atoms with Crippen LogP contribution in [0.3, 0.4) is 0 Å². The Morgan fingerprint density at radius 3 is 2.61 bits per heavy atom. The first kappa shape index (κ1) is 14.7. The average molecular weight is 253 g/mol. The number of amides is 1. The van der Waals surface area contributed by atoms with Crippen molar-refractivity contribution in [3.05, 3.63) is 17.5 Å². The van der Waals surface area contributed by atoms with Crippen LogP contribution in [0.25, 0.3) is 0 Å². The van der Waals surface area contributed by atoms with Crippen molar-refractivity contribution in [3.63, 3.8) is 0 Å². The number of aliphatic hydroxyl groups excluding tert-OH is 1. The number of nitrogens with zero attached hydrogens (tertiary/aromatic N) is 2. The van der Waals surface area contributed by atoms with Crippen LogP contribution in [0.5, 0.6) is 0 Å². The Labute approximate surface area is 108 Å². The van der Waals surface area contributed by atoms with Crippen LogP contribution in [0, 0.1) is 5.92 Å². The van der Waals surface area contributed by atoms with Gasteiger partial charge in [0.25, 0.3) is 5.91 Å². The molecule has 0 fully saturated rings. The minimum atomic E-state index is -0.220. The van der Waals surface area contributed by atoms with Gasteiger partial charge in [-0.2, -0.15) is 5.10 Å². The molecule has 1 aromatic heterocycles. The van der Waals surface area contributed by atoms with E-state index in [-0.39, 0.29) is 24.5 Å². The lowest BCUT2D eigenvalue weighted by atomic mass is 10.1. The summed E-state index contributed by atoms with van der Waals surface area (Å²) >= 11 is 0. The van der Waals surface area contributed by atoms with E-state index >= 15 is 0 Å². The first-order chi connectivity index (χ1) is 8.53. The molecule has 0 radical (unpaired) electrons. The number of hydrogen-bond donors (Lipinski definition) is 2. The van der Waals surface area contributed by atoms with E-state index in [2.05, 4.69) is 10.4 Å². The first-order valence-electron chi connectivity index (χ1n) is 6.51. The SMILES string of the molecule is CCc1cc(C(=O)N[C@H](CO)C(C)C)n(CC)n1. The number of nitrogens with one attached hydrogen (secondary N) is 1. The van der Waals surface area contributed by atoms with E-state index in [1.165, 1.54) is 0 Å². The van der Waals surface area contributed by atoms with Crippen LogP contribution in [0.1, 0.15) is 43.9 Å². The van der Waals surface area contributed by atoms with E-state index < -0.39 is 0 Å². The summed E-state index contributed by atoms with van der Waals surface area (Å²) in [5, 5.41) is 16.4. The smallest absolute Gasteiger partial charge is 0.269 e. The average Bonchev–Trinajstić information content (AvgIpc) is 2.78. The van der Waals surface area contributed by atoms with Gasteiger partial charge in [-0.15, -0.1) is 0 Å². The molecule has 18 heavy (non-hydrogen) atoms. The van der Waals surface area contributed by atoms with Crippen LogP contribution in [-0.4, -0.2) is 33.4 Å². The first-order valence-corrected chi connectivity index (χ1v) is 6.51. The molecule has 0 aliphatic carbocycles. The highest BCUT2D eigenvalue weighted by atomic mass is 16.3. The molecule has 5 heteroatoms. The van der Waals surface area contributed by atoms with Crippen molar-refractivity contribution in [2.45, 2.75) is 46.7 Å². The highest BCUT2D eigenvalue weighted by Gasteiger charge is 2.19. The third-order valence-electron chi connectivity index (χ3n) is 3.04. The summed E-state index contributed by atoms with van der Waals surface area (Å²) in [4.78, 5) is 12.1. The van der Waals surface area contributed by atoms with Gasteiger partial charge >= 0.3 is 0 Å². The van der Waals surface area contributed by atoms with Crippen LogP contribution in [0.2, 0.25) is 0 Å². The Bertz CT molecular complexity index is 399. The highest BCUT2D eigenvalue weighted by molar-refractivity contribution is 5.92. The van der Waals surface area contributed by atoms with Gasteiger partial charge in [0.2, 0.25) is 0 Å². The molecule has 0 saturated carbocycles. The molecule has 102 valence electrons. The van der Waals surface area contributed by atoms with Crippen molar-refractivity contribution < 1.29 is 9.90 Å². The van der Waals surface area contributed by atoms with Crippen LogP contribution in [-0.2, 0) is 13.0 Å². The van der Waals surface area contributed by atoms with Crippen LogP contribution < -0.4 is 5.32 Å². The normalized spacial score (nSPS) is 12.8. The zero-order chi connectivity index (χ0) is 13.7. The second kappa shape index (κ2) is 6.54. The van der Waals surface area contributed by atoms with Crippen molar-refractivity contribution in [2.24, 2.45) is 5.92 Å². The largest absolute Gasteiger partial charge is 0.394 e. The molecule has 0 aliphatic rings. The number of rotatable bonds is 6. The molecule has 0 spiro atoms. The van der Waals surface area contributed by atoms with Gasteiger partial charge in [0.05, 0.1) is 18.3 Å². The van der Waals surface area contributed by atoms with Crippen molar-refractivity contribution >= 4 is 5.91 Å². The number of aromatic nitrogens is 2. The van der Waals surface area contributed by atoms with Crippen LogP contribution in [0.4, 0.5) is 0 Å². The molecule has 0 bridgehead atoms. The molecular weight excluding hydrogens is 230 g/mol. The zero-order valence-electron chi connectivity index (χ0n) is 11.6. The molecule has 0 unspecified atom stereocenters. The molecule has 0 saturated heterocycles. The van der Waals surface area contributed by atoms with Crippen LogP contribution >= 0.6 is 0 Å². The van der Waals surface area contributed by atoms with Gasteiger partial charge in [-0.05, 0) is 25.3 Å². The number of aliphatic hydroxyl groups is 1. The van der Waals surface area contributed by atoms with E-state index in [0.717, 1.165) is 12.1 Å². The van der Waals surface area contributed by atoms with Gasteiger partial charge in [0.15, 0.2) is 0 Å². The lowest BCUT2D eigenvalue weighted by Crippen LogP contribution is -2.41. The fourth-order valence-electron chi connectivity index (χ4n) is 1.73. The number of carbonyl (C=O) groups excluding carboxylic acids is 1. The summed E-state index contributed by atoms with van der Waals surface area (Å²) in [5.74, 6) is 0.0272. The maximum atomic E-state index is 12.1. The molecule has 1 heterocycles. The zero-order valence-corrected chi connectivity index (χ0v) is 11.6. The Kier molecular flexibility index (Phi) is 5.34. The fourth-order valence-corrected chi connectivity index (χ4v) is 1.73. The molecule has 1 rings (SSSR count). The van der Waals surface area contributed by atoms with Crippen molar-refractivity contribution in [3.8, 4) is 0 Å². The molecule has 5 nitrogen and oxygen atoms in total. The second-order valence-corrected chi connectivity index (χ2v) is 4.70. The van der Waals surface area contributed by atoms with E-state index in [9.17, 15) is 9.90 Å². The minimum absolute atomic E-state index is 0.0513. The maximum absolute atomic E-state index is 12.1. The van der Waals surface area contributed by atoms with Gasteiger partial charge in [0.1, 0.15) is 5.69 Å². The lowest BCUT2D eigenvalue weighted by Gasteiger charge is -2.19. The van der Waals surface area contributed by atoms with Crippen molar-refractivity contribution in [1.82, 2.24) is 15.1 Å². The highest BCUT2D eigenvalue weighted by Crippen LogP contribution is 2.08. The number of aryl methyl sites for hydroxylation is 2. The number of hydrogen-bond acceptors (Lipinski definition) is 3. The van der Waals surface area contributed by atoms with Gasteiger partial charge in [-0.25, -0.2) is 0 Å². The summed E-state index contributed by atoms with van der Waals surface area (Å²) < 4.78 is 1.70. The summed E-state index contributed by atoms with van der Waals surface area (Å²) in [5.41, 5.74) is 1.47. The summed E-state index contributed by atoms with van der Waals surface area (Å²) in [6.07, 6.45) is 0.806. The molecule has 1 atom stereocenters. The monoisotopic (exact) mass is 253 g/mol. The fraction of sp³-hybridized carbons (Fsp3) is 0.692. The third-order valence-corrected chi connectivity index (χ3v) is 3.04. The van der Waals surface area contributed by atoms with Gasteiger partial charge in [0, 0.05) is 6.54 Å². The molecule has 1 aromatic rings. The molecule has 1 amide bonds. The van der Waals surface area contributed by atoms with Crippen molar-refractivity contribution in [1.29, 1.82) is 0 Å². The van der Waals surface area contributed by atoms with E-state index in [1.807, 2.05) is 33.8 Å². The number of carbonyl (C=O) groups is 1. The van der Waals surface area contributed by atoms with Gasteiger partial charge in [-0.1, -0.05) is 20.8 Å². The lowest BCUT2D eigenvalue weighted by molar-refractivity contribution is 0.0886. The Balaban J connectivity index is 2.86. The van der Waals surface area contributed by atoms with E-state index in [4.69, 9.17) is 0 Å². The Hall–Kier alpha value is -1.36. The summed E-state index contributed by atoms with van der Waals surface area (Å²) in [6.45, 7) is 8.51. The van der Waals surface area contributed by atoms with Crippen molar-refractivity contribution in [2.75, 3.05) is 6.61 Å². The Morgan fingerprint density at radius 1 is 1.50 bits per heavy atom. The molecule has 0 aliphatic heterocycles. The summed E-state index contributed by atoms with van der Waals surface area (Å²) in [6, 6.07) is 1.59. The quantitative estimate of drug-likeness (QED) is 0.801. The van der Waals surface area contributed by atoms with E-state index in [0.29, 0.717) is 12.2 Å². The van der Waals surface area contributed by atoms with E-state index in [1.54, 1.807) is 4.68 Å². The predicted molar refractivity (Wildman–Crippen MR) is 70.5 cm³/mol. The molecular formula is C13H23N3O2. The third kappa shape index (κ3) is 3.32. The molecule has 2 N–H and O–H groups in total. The maximum Gasteiger partial charge on any atom is 0.269 e. The van der Waals surface area contributed by atoms with Gasteiger partial charge < -0.3 is 10.4 Å². The van der Waals surface area contributed by atoms with Crippen LogP contribution in [0.15, 0.2) is 6.07 Å². The standard InChI is InChI=1S/C13H23N3O2/c1-5-10-7-12(16(6-2)15-10)13(18)14-11(8-17)9(3)4/h7,9,11,17H,5-6,8H2,1-4H3,(H,14,18)/t11-/m1/s1. The predicted octanol–water partition coefficient (Wildman–Crippen LogP) is 1.21. The van der Waals surface area contributed by atoms with Gasteiger partial charge in [-0.3, -0.25) is 9.48 Å². The topological polar surface area (TPSA) is 67.2 Å².